The summed E-state index contributed by atoms with van der Waals surface area (Å²) in [5.41, 5.74) is 1.52. The Morgan fingerprint density at radius 2 is 1.63 bits per heavy atom. The van der Waals surface area contributed by atoms with Crippen LogP contribution in [0.5, 0.6) is 0 Å². The third kappa shape index (κ3) is 4.55. The van der Waals surface area contributed by atoms with E-state index >= 15 is 0 Å². The summed E-state index contributed by atoms with van der Waals surface area (Å²) in [7, 11) is 0. The molecule has 8 heteroatoms. The van der Waals surface area contributed by atoms with Gasteiger partial charge in [-0.3, -0.25) is 9.89 Å². The van der Waals surface area contributed by atoms with E-state index in [2.05, 4.69) is 20.5 Å². The standard InChI is InChI=1S/C22H16F2N4OS/c23-15-10-12-16(13-11-15)25-21(29)19(14-6-2-1-3-7-14)30-22-26-20(27-28-22)17-8-4-5-9-18(17)24/h1-13,19H,(H,25,29)(H,26,27,28). The second-order valence-corrected chi connectivity index (χ2v) is 7.42. The van der Waals surface area contributed by atoms with Crippen molar-refractivity contribution in [2.75, 3.05) is 5.32 Å². The first-order chi connectivity index (χ1) is 14.6. The summed E-state index contributed by atoms with van der Waals surface area (Å²) in [6.07, 6.45) is 0. The summed E-state index contributed by atoms with van der Waals surface area (Å²) in [4.78, 5) is 17.3. The van der Waals surface area contributed by atoms with Crippen LogP contribution >= 0.6 is 11.8 Å². The lowest BCUT2D eigenvalue weighted by Crippen LogP contribution is -2.19. The molecule has 1 aromatic heterocycles. The zero-order valence-corrected chi connectivity index (χ0v) is 16.4. The van der Waals surface area contributed by atoms with Crippen molar-refractivity contribution in [3.05, 3.63) is 96.1 Å². The largest absolute Gasteiger partial charge is 0.325 e. The number of carbonyl (C=O) groups is 1. The first kappa shape index (κ1) is 19.8. The van der Waals surface area contributed by atoms with Crippen LogP contribution in [0.15, 0.2) is 84.0 Å². The summed E-state index contributed by atoms with van der Waals surface area (Å²) >= 11 is 1.13. The van der Waals surface area contributed by atoms with Gasteiger partial charge in [0.05, 0.1) is 5.56 Å². The Hall–Kier alpha value is -3.52. The molecule has 0 aliphatic carbocycles. The average Bonchev–Trinajstić information content (AvgIpc) is 3.23. The lowest BCUT2D eigenvalue weighted by molar-refractivity contribution is -0.115. The molecular weight excluding hydrogens is 406 g/mol. The van der Waals surface area contributed by atoms with Crippen LogP contribution in [-0.4, -0.2) is 21.1 Å². The fourth-order valence-electron chi connectivity index (χ4n) is 2.82. The van der Waals surface area contributed by atoms with Crippen molar-refractivity contribution in [2.45, 2.75) is 10.4 Å². The highest BCUT2D eigenvalue weighted by Gasteiger charge is 2.24. The highest BCUT2D eigenvalue weighted by Crippen LogP contribution is 2.35. The van der Waals surface area contributed by atoms with E-state index in [1.54, 1.807) is 18.2 Å². The maximum Gasteiger partial charge on any atom is 0.242 e. The molecule has 1 heterocycles. The number of amides is 1. The SMILES string of the molecule is O=C(Nc1ccc(F)cc1)C(Sc1n[nH]c(-c2ccccc2F)n1)c1ccccc1. The summed E-state index contributed by atoms with van der Waals surface area (Å²) < 4.78 is 27.2. The molecule has 1 unspecified atom stereocenters. The third-order valence-corrected chi connectivity index (χ3v) is 5.38. The zero-order chi connectivity index (χ0) is 20.9. The number of anilines is 1. The fourth-order valence-corrected chi connectivity index (χ4v) is 3.73. The number of carbonyl (C=O) groups excluding carboxylic acids is 1. The normalized spacial score (nSPS) is 11.8. The van der Waals surface area contributed by atoms with Crippen molar-refractivity contribution in [3.8, 4) is 11.4 Å². The number of nitrogens with one attached hydrogen (secondary N) is 2. The van der Waals surface area contributed by atoms with Gasteiger partial charge >= 0.3 is 0 Å². The topological polar surface area (TPSA) is 70.7 Å². The molecule has 4 aromatic rings. The van der Waals surface area contributed by atoms with E-state index in [-0.39, 0.29) is 17.5 Å². The van der Waals surface area contributed by atoms with Crippen LogP contribution in [0.1, 0.15) is 10.8 Å². The Morgan fingerprint density at radius 1 is 0.933 bits per heavy atom. The minimum absolute atomic E-state index is 0.279. The molecule has 0 radical (unpaired) electrons. The Bertz CT molecular complexity index is 1150. The number of benzene rings is 3. The van der Waals surface area contributed by atoms with Gasteiger partial charge in [-0.2, -0.15) is 0 Å². The van der Waals surface area contributed by atoms with Crippen molar-refractivity contribution in [2.24, 2.45) is 0 Å². The average molecular weight is 422 g/mol. The number of aromatic amines is 1. The molecule has 0 bridgehead atoms. The van der Waals surface area contributed by atoms with Gasteiger partial charge in [-0.15, -0.1) is 5.10 Å². The molecule has 0 spiro atoms. The molecule has 2 N–H and O–H groups in total. The summed E-state index contributed by atoms with van der Waals surface area (Å²) in [5, 5.41) is 9.27. The molecule has 0 saturated heterocycles. The molecule has 150 valence electrons. The minimum Gasteiger partial charge on any atom is -0.325 e. The van der Waals surface area contributed by atoms with Gasteiger partial charge < -0.3 is 5.32 Å². The van der Waals surface area contributed by atoms with Gasteiger partial charge in [-0.1, -0.05) is 54.2 Å². The van der Waals surface area contributed by atoms with E-state index in [0.717, 1.165) is 17.3 Å². The van der Waals surface area contributed by atoms with Gasteiger partial charge in [0, 0.05) is 5.69 Å². The number of H-pyrrole nitrogens is 1. The van der Waals surface area contributed by atoms with Crippen LogP contribution in [-0.2, 0) is 4.79 Å². The summed E-state index contributed by atoms with van der Waals surface area (Å²) in [5.74, 6) is -0.835. The Morgan fingerprint density at radius 3 is 2.37 bits per heavy atom. The highest BCUT2D eigenvalue weighted by atomic mass is 32.2. The van der Waals surface area contributed by atoms with Crippen LogP contribution in [0.3, 0.4) is 0 Å². The van der Waals surface area contributed by atoms with Gasteiger partial charge in [0.15, 0.2) is 5.82 Å². The second-order valence-electron chi connectivity index (χ2n) is 6.35. The first-order valence-electron chi connectivity index (χ1n) is 9.05. The van der Waals surface area contributed by atoms with Gasteiger partial charge in [0.2, 0.25) is 11.1 Å². The van der Waals surface area contributed by atoms with E-state index in [9.17, 15) is 13.6 Å². The van der Waals surface area contributed by atoms with E-state index in [0.29, 0.717) is 16.4 Å². The molecule has 3 aromatic carbocycles. The predicted octanol–water partition coefficient (Wildman–Crippen LogP) is 5.22. The second kappa shape index (κ2) is 8.87. The van der Waals surface area contributed by atoms with Gasteiger partial charge in [0.25, 0.3) is 0 Å². The van der Waals surface area contributed by atoms with Gasteiger partial charge in [-0.25, -0.2) is 13.8 Å². The molecule has 5 nitrogen and oxygen atoms in total. The van der Waals surface area contributed by atoms with Crippen molar-refractivity contribution in [1.29, 1.82) is 0 Å². The lowest BCUT2D eigenvalue weighted by atomic mass is 10.1. The van der Waals surface area contributed by atoms with Gasteiger partial charge in [-0.05, 0) is 42.0 Å². The quantitative estimate of drug-likeness (QED) is 0.418. The molecule has 0 saturated carbocycles. The van der Waals surface area contributed by atoms with Crippen LogP contribution in [0.4, 0.5) is 14.5 Å². The van der Waals surface area contributed by atoms with E-state index in [4.69, 9.17) is 0 Å². The number of hydrogen-bond acceptors (Lipinski definition) is 4. The predicted molar refractivity (Wildman–Crippen MR) is 112 cm³/mol. The van der Waals surface area contributed by atoms with Crippen molar-refractivity contribution < 1.29 is 13.6 Å². The van der Waals surface area contributed by atoms with E-state index in [1.165, 1.54) is 30.3 Å². The van der Waals surface area contributed by atoms with Crippen LogP contribution in [0, 0.1) is 11.6 Å². The zero-order valence-electron chi connectivity index (χ0n) is 15.5. The minimum atomic E-state index is -0.666. The summed E-state index contributed by atoms with van der Waals surface area (Å²) in [6.45, 7) is 0. The Kier molecular flexibility index (Phi) is 5.85. The Balaban J connectivity index is 1.59. The Labute approximate surface area is 175 Å². The molecule has 1 atom stereocenters. The number of thioether (sulfide) groups is 1. The maximum absolute atomic E-state index is 14.0. The molecule has 0 aliphatic rings. The number of halogens is 2. The number of aromatic nitrogens is 3. The highest BCUT2D eigenvalue weighted by molar-refractivity contribution is 8.00. The van der Waals surface area contributed by atoms with Crippen LogP contribution < -0.4 is 5.32 Å². The molecule has 1 amide bonds. The number of nitrogens with zero attached hydrogens (tertiary/aromatic N) is 2. The first-order valence-corrected chi connectivity index (χ1v) is 9.93. The molecule has 0 fully saturated rings. The van der Waals surface area contributed by atoms with E-state index in [1.807, 2.05) is 30.3 Å². The van der Waals surface area contributed by atoms with Crippen molar-refractivity contribution in [1.82, 2.24) is 15.2 Å². The van der Waals surface area contributed by atoms with Crippen LogP contribution in [0.2, 0.25) is 0 Å². The summed E-state index contributed by atoms with van der Waals surface area (Å²) in [6, 6.07) is 20.9. The molecule has 0 aliphatic heterocycles. The number of hydrogen-bond donors (Lipinski definition) is 2. The van der Waals surface area contributed by atoms with Crippen molar-refractivity contribution in [3.63, 3.8) is 0 Å². The van der Waals surface area contributed by atoms with Crippen LogP contribution in [0.25, 0.3) is 11.4 Å². The maximum atomic E-state index is 14.0. The molecule has 30 heavy (non-hydrogen) atoms. The van der Waals surface area contributed by atoms with Gasteiger partial charge in [0.1, 0.15) is 16.9 Å². The lowest BCUT2D eigenvalue weighted by Gasteiger charge is -2.15. The van der Waals surface area contributed by atoms with E-state index < -0.39 is 11.1 Å². The monoisotopic (exact) mass is 422 g/mol. The molecule has 4 rings (SSSR count). The number of rotatable bonds is 6. The third-order valence-electron chi connectivity index (χ3n) is 4.27. The fraction of sp³-hybridized carbons (Fsp3) is 0.0455. The van der Waals surface area contributed by atoms with Crippen molar-refractivity contribution >= 4 is 23.4 Å². The smallest absolute Gasteiger partial charge is 0.242 e. The molecular formula is C22H16F2N4OS.